The third kappa shape index (κ3) is 3.40. The Balaban J connectivity index is 1.56. The van der Waals surface area contributed by atoms with E-state index in [4.69, 9.17) is 4.74 Å². The van der Waals surface area contributed by atoms with E-state index in [0.29, 0.717) is 34.0 Å². The number of aromatic nitrogens is 4. The van der Waals surface area contributed by atoms with E-state index in [1.807, 2.05) is 6.07 Å². The number of fused-ring (bicyclic) bond motifs is 2. The Hall–Kier alpha value is -3.36. The van der Waals surface area contributed by atoms with Crippen molar-refractivity contribution in [1.82, 2.24) is 24.0 Å². The van der Waals surface area contributed by atoms with Crippen molar-refractivity contribution in [1.29, 1.82) is 0 Å². The Morgan fingerprint density at radius 1 is 0.867 bits per heavy atom. The molecule has 152 valence electrons. The summed E-state index contributed by atoms with van der Waals surface area (Å²) in [7, 11) is 0. The van der Waals surface area contributed by atoms with Gasteiger partial charge >= 0.3 is 0 Å². The van der Waals surface area contributed by atoms with E-state index >= 15 is 0 Å². The van der Waals surface area contributed by atoms with Gasteiger partial charge in [0.2, 0.25) is 0 Å². The summed E-state index contributed by atoms with van der Waals surface area (Å²) >= 11 is 0. The SMILES string of the molecule is O=c1c2cc3c(=O)n(-c4ccncc4)ccc3nc2ccn1CCN1CCOCC1. The Bertz CT molecular complexity index is 1320. The second kappa shape index (κ2) is 7.81. The molecular weight excluding hydrogens is 382 g/mol. The van der Waals surface area contributed by atoms with Crippen LogP contribution < -0.4 is 11.1 Å². The molecule has 30 heavy (non-hydrogen) atoms. The van der Waals surface area contributed by atoms with Crippen LogP contribution in [0.4, 0.5) is 0 Å². The Labute approximate surface area is 172 Å². The number of rotatable bonds is 4. The summed E-state index contributed by atoms with van der Waals surface area (Å²) in [6, 6.07) is 8.83. The van der Waals surface area contributed by atoms with Crippen LogP contribution in [0.25, 0.3) is 27.5 Å². The lowest BCUT2D eigenvalue weighted by Gasteiger charge is -2.26. The summed E-state index contributed by atoms with van der Waals surface area (Å²) in [6.45, 7) is 4.58. The first kappa shape index (κ1) is 18.7. The van der Waals surface area contributed by atoms with Gasteiger partial charge in [-0.1, -0.05) is 0 Å². The maximum absolute atomic E-state index is 13.1. The Kier molecular flexibility index (Phi) is 4.86. The number of hydrogen-bond acceptors (Lipinski definition) is 6. The van der Waals surface area contributed by atoms with E-state index in [0.717, 1.165) is 32.8 Å². The van der Waals surface area contributed by atoms with Crippen LogP contribution in [0.5, 0.6) is 0 Å². The molecule has 0 aromatic carbocycles. The number of morpholine rings is 1. The fraction of sp³-hybridized carbons (Fsp3) is 0.273. The number of hydrogen-bond donors (Lipinski definition) is 0. The average Bonchev–Trinajstić information content (AvgIpc) is 2.79. The smallest absolute Gasteiger partial charge is 0.264 e. The van der Waals surface area contributed by atoms with Crippen LogP contribution in [0, 0.1) is 0 Å². The van der Waals surface area contributed by atoms with Gasteiger partial charge in [0.25, 0.3) is 11.1 Å². The molecule has 0 radical (unpaired) electrons. The lowest BCUT2D eigenvalue weighted by atomic mass is 10.2. The van der Waals surface area contributed by atoms with Crippen LogP contribution in [0.2, 0.25) is 0 Å². The minimum atomic E-state index is -0.212. The molecule has 5 heterocycles. The molecule has 1 aliphatic heterocycles. The Morgan fingerprint density at radius 2 is 1.57 bits per heavy atom. The molecular formula is C22H21N5O3. The van der Waals surface area contributed by atoms with Gasteiger partial charge in [0.05, 0.1) is 40.7 Å². The van der Waals surface area contributed by atoms with Crippen molar-refractivity contribution in [3.63, 3.8) is 0 Å². The Morgan fingerprint density at radius 3 is 2.33 bits per heavy atom. The van der Waals surface area contributed by atoms with Crippen molar-refractivity contribution in [2.24, 2.45) is 0 Å². The van der Waals surface area contributed by atoms with Gasteiger partial charge in [0.1, 0.15) is 0 Å². The van der Waals surface area contributed by atoms with Crippen LogP contribution in [-0.4, -0.2) is 56.9 Å². The van der Waals surface area contributed by atoms with E-state index in [1.54, 1.807) is 53.6 Å². The van der Waals surface area contributed by atoms with E-state index in [1.165, 1.54) is 4.57 Å². The molecule has 0 atom stereocenters. The summed E-state index contributed by atoms with van der Waals surface area (Å²) < 4.78 is 8.60. The van der Waals surface area contributed by atoms with Crippen molar-refractivity contribution >= 4 is 21.8 Å². The molecule has 0 bridgehead atoms. The molecule has 4 aromatic heterocycles. The third-order valence-electron chi connectivity index (χ3n) is 5.52. The molecule has 0 amide bonds. The van der Waals surface area contributed by atoms with E-state index in [-0.39, 0.29) is 11.1 Å². The average molecular weight is 403 g/mol. The van der Waals surface area contributed by atoms with Crippen LogP contribution >= 0.6 is 0 Å². The molecule has 1 saturated heterocycles. The lowest BCUT2D eigenvalue weighted by molar-refractivity contribution is 0.0363. The van der Waals surface area contributed by atoms with Crippen LogP contribution in [0.3, 0.4) is 0 Å². The van der Waals surface area contributed by atoms with Gasteiger partial charge in [0.15, 0.2) is 0 Å². The molecule has 0 saturated carbocycles. The highest BCUT2D eigenvalue weighted by molar-refractivity contribution is 5.91. The zero-order chi connectivity index (χ0) is 20.5. The van der Waals surface area contributed by atoms with Gasteiger partial charge in [-0.2, -0.15) is 0 Å². The maximum atomic E-state index is 13.1. The highest BCUT2D eigenvalue weighted by Gasteiger charge is 2.13. The molecule has 0 spiro atoms. The first-order valence-electron chi connectivity index (χ1n) is 9.97. The quantitative estimate of drug-likeness (QED) is 0.480. The van der Waals surface area contributed by atoms with Crippen LogP contribution in [0.15, 0.2) is 64.7 Å². The van der Waals surface area contributed by atoms with Gasteiger partial charge in [-0.05, 0) is 30.3 Å². The molecule has 8 heteroatoms. The monoisotopic (exact) mass is 403 g/mol. The predicted molar refractivity (Wildman–Crippen MR) is 114 cm³/mol. The third-order valence-corrected chi connectivity index (χ3v) is 5.52. The molecule has 4 aromatic rings. The highest BCUT2D eigenvalue weighted by Crippen LogP contribution is 2.15. The van der Waals surface area contributed by atoms with Crippen molar-refractivity contribution in [2.45, 2.75) is 6.54 Å². The maximum Gasteiger partial charge on any atom is 0.264 e. The first-order chi connectivity index (χ1) is 14.7. The zero-order valence-corrected chi connectivity index (χ0v) is 16.4. The summed E-state index contributed by atoms with van der Waals surface area (Å²) in [5.41, 5.74) is 1.54. The van der Waals surface area contributed by atoms with Gasteiger partial charge < -0.3 is 9.30 Å². The molecule has 5 rings (SSSR count). The first-order valence-corrected chi connectivity index (χ1v) is 9.97. The molecule has 0 aliphatic carbocycles. The van der Waals surface area contributed by atoms with E-state index in [9.17, 15) is 9.59 Å². The minimum Gasteiger partial charge on any atom is -0.379 e. The minimum absolute atomic E-state index is 0.131. The van der Waals surface area contributed by atoms with Crippen molar-refractivity contribution in [2.75, 3.05) is 32.8 Å². The van der Waals surface area contributed by atoms with Gasteiger partial charge in [-0.15, -0.1) is 0 Å². The lowest BCUT2D eigenvalue weighted by Crippen LogP contribution is -2.39. The fourth-order valence-electron chi connectivity index (χ4n) is 3.82. The normalized spacial score (nSPS) is 15.1. The number of ether oxygens (including phenoxy) is 1. The molecule has 0 N–H and O–H groups in total. The summed E-state index contributed by atoms with van der Waals surface area (Å²) in [6.07, 6.45) is 6.75. The van der Waals surface area contributed by atoms with Crippen molar-refractivity contribution < 1.29 is 4.74 Å². The topological polar surface area (TPSA) is 82.2 Å². The highest BCUT2D eigenvalue weighted by atomic mass is 16.5. The zero-order valence-electron chi connectivity index (χ0n) is 16.4. The van der Waals surface area contributed by atoms with E-state index < -0.39 is 0 Å². The fourth-order valence-corrected chi connectivity index (χ4v) is 3.82. The van der Waals surface area contributed by atoms with Gasteiger partial charge in [0, 0.05) is 51.0 Å². The van der Waals surface area contributed by atoms with Crippen molar-refractivity contribution in [3.05, 3.63) is 75.8 Å². The van der Waals surface area contributed by atoms with Gasteiger partial charge in [-0.3, -0.25) is 24.0 Å². The molecule has 1 aliphatic rings. The van der Waals surface area contributed by atoms with Crippen LogP contribution in [-0.2, 0) is 11.3 Å². The standard InChI is InChI=1S/C22H21N5O3/c28-21-17-15-18-20(4-8-27(22(18)29)16-1-5-23-6-2-16)24-19(17)3-7-26(21)10-9-25-11-13-30-14-12-25/h1-8,15H,9-14H2. The summed E-state index contributed by atoms with van der Waals surface area (Å²) in [5, 5.41) is 0.876. The van der Waals surface area contributed by atoms with Crippen LogP contribution in [0.1, 0.15) is 0 Å². The largest absolute Gasteiger partial charge is 0.379 e. The molecule has 0 unspecified atom stereocenters. The second-order valence-corrected chi connectivity index (χ2v) is 7.32. The van der Waals surface area contributed by atoms with E-state index in [2.05, 4.69) is 14.9 Å². The predicted octanol–water partition coefficient (Wildman–Crippen LogP) is 1.43. The van der Waals surface area contributed by atoms with Gasteiger partial charge in [-0.25, -0.2) is 4.98 Å². The van der Waals surface area contributed by atoms with Crippen molar-refractivity contribution in [3.8, 4) is 5.69 Å². The molecule has 8 nitrogen and oxygen atoms in total. The number of pyridine rings is 4. The second-order valence-electron chi connectivity index (χ2n) is 7.32. The summed E-state index contributed by atoms with van der Waals surface area (Å²) in [5.74, 6) is 0. The molecule has 1 fully saturated rings. The number of nitrogens with zero attached hydrogens (tertiary/aromatic N) is 5. The summed E-state index contributed by atoms with van der Waals surface area (Å²) in [4.78, 5) is 37.0.